The molecule has 3 aliphatic rings. The number of pyridine rings is 1. The van der Waals surface area contributed by atoms with Gasteiger partial charge in [0.2, 0.25) is 5.88 Å². The van der Waals surface area contributed by atoms with Gasteiger partial charge in [0.05, 0.1) is 18.4 Å². The van der Waals surface area contributed by atoms with Crippen molar-refractivity contribution >= 4 is 11.6 Å². The Morgan fingerprint density at radius 1 is 1.17 bits per heavy atom. The predicted octanol–water partition coefficient (Wildman–Crippen LogP) is 2.61. The third-order valence-corrected chi connectivity index (χ3v) is 5.10. The van der Waals surface area contributed by atoms with Crippen molar-refractivity contribution in [1.29, 1.82) is 0 Å². The van der Waals surface area contributed by atoms with Crippen LogP contribution >= 0.6 is 11.6 Å². The Hall–Kier alpha value is -1.72. The minimum absolute atomic E-state index is 0.146. The maximum absolute atomic E-state index is 6.23. The number of hydrogen-bond donors (Lipinski definition) is 0. The first-order chi connectivity index (χ1) is 11.3. The number of hydrogen-bond acceptors (Lipinski definition) is 5. The zero-order valence-corrected chi connectivity index (χ0v) is 13.6. The lowest BCUT2D eigenvalue weighted by Gasteiger charge is -2.50. The molecule has 0 spiro atoms. The molecule has 5 nitrogen and oxygen atoms in total. The maximum atomic E-state index is 6.23. The van der Waals surface area contributed by atoms with Crippen molar-refractivity contribution in [1.82, 2.24) is 19.9 Å². The molecule has 0 aromatic carbocycles. The number of nitrogens with zero attached hydrogens (tertiary/aromatic N) is 4. The van der Waals surface area contributed by atoms with Crippen LogP contribution in [-0.2, 0) is 6.42 Å². The highest BCUT2D eigenvalue weighted by Gasteiger charge is 2.43. The molecule has 0 unspecified atom stereocenters. The van der Waals surface area contributed by atoms with E-state index >= 15 is 0 Å². The molecule has 2 bridgehead atoms. The molecule has 6 heteroatoms. The third kappa shape index (κ3) is 3.16. The van der Waals surface area contributed by atoms with Gasteiger partial charge in [0.15, 0.2) is 0 Å². The highest BCUT2D eigenvalue weighted by molar-refractivity contribution is 6.29. The van der Waals surface area contributed by atoms with Crippen LogP contribution in [0.1, 0.15) is 18.4 Å². The molecule has 120 valence electrons. The molecule has 2 aromatic heterocycles. The van der Waals surface area contributed by atoms with Crippen LogP contribution in [0, 0.1) is 5.92 Å². The lowest BCUT2D eigenvalue weighted by atomic mass is 9.78. The molecule has 2 aromatic rings. The van der Waals surface area contributed by atoms with Crippen molar-refractivity contribution in [2.45, 2.75) is 31.4 Å². The van der Waals surface area contributed by atoms with Gasteiger partial charge >= 0.3 is 0 Å². The summed E-state index contributed by atoms with van der Waals surface area (Å²) in [5, 5.41) is 0.387. The van der Waals surface area contributed by atoms with Crippen molar-refractivity contribution in [2.24, 2.45) is 5.92 Å². The maximum Gasteiger partial charge on any atom is 0.232 e. The Kier molecular flexibility index (Phi) is 4.14. The van der Waals surface area contributed by atoms with E-state index in [-0.39, 0.29) is 6.10 Å². The fourth-order valence-corrected chi connectivity index (χ4v) is 3.88. The number of fused-ring (bicyclic) bond motifs is 3. The van der Waals surface area contributed by atoms with Gasteiger partial charge in [-0.25, -0.2) is 9.97 Å². The average Bonchev–Trinajstić information content (AvgIpc) is 2.61. The first kappa shape index (κ1) is 14.8. The van der Waals surface area contributed by atoms with E-state index in [1.54, 1.807) is 6.20 Å². The molecule has 5 rings (SSSR count). The number of rotatable bonds is 4. The molecule has 5 heterocycles. The molecule has 0 aliphatic carbocycles. The fraction of sp³-hybridized carbons (Fsp3) is 0.471. The largest absolute Gasteiger partial charge is 0.471 e. The van der Waals surface area contributed by atoms with Gasteiger partial charge in [0.1, 0.15) is 11.3 Å². The summed E-state index contributed by atoms with van der Waals surface area (Å²) < 4.78 is 6.23. The van der Waals surface area contributed by atoms with E-state index in [1.807, 2.05) is 18.5 Å². The van der Waals surface area contributed by atoms with Crippen molar-refractivity contribution < 1.29 is 4.74 Å². The average molecular weight is 331 g/mol. The normalized spacial score (nSPS) is 29.4. The quantitative estimate of drug-likeness (QED) is 0.862. The summed E-state index contributed by atoms with van der Waals surface area (Å²) in [6, 6.07) is 4.49. The summed E-state index contributed by atoms with van der Waals surface area (Å²) in [6.45, 7) is 2.31. The fourth-order valence-electron chi connectivity index (χ4n) is 3.78. The smallest absolute Gasteiger partial charge is 0.232 e. The summed E-state index contributed by atoms with van der Waals surface area (Å²) in [4.78, 5) is 15.1. The van der Waals surface area contributed by atoms with Crippen LogP contribution in [0.3, 0.4) is 0 Å². The summed E-state index contributed by atoms with van der Waals surface area (Å²) in [5.74, 6) is 1.14. The van der Waals surface area contributed by atoms with E-state index in [0.717, 1.165) is 19.5 Å². The molecular formula is C17H19ClN4O. The molecule has 3 fully saturated rings. The number of aromatic nitrogens is 3. The zero-order valence-electron chi connectivity index (χ0n) is 12.8. The molecule has 0 N–H and O–H groups in total. The van der Waals surface area contributed by atoms with Crippen molar-refractivity contribution in [3.63, 3.8) is 0 Å². The number of ether oxygens (including phenoxy) is 1. The predicted molar refractivity (Wildman–Crippen MR) is 87.5 cm³/mol. The van der Waals surface area contributed by atoms with Crippen LogP contribution in [-0.4, -0.2) is 45.1 Å². The van der Waals surface area contributed by atoms with Crippen molar-refractivity contribution in [2.75, 3.05) is 13.1 Å². The van der Waals surface area contributed by atoms with Gasteiger partial charge in [-0.1, -0.05) is 17.7 Å². The van der Waals surface area contributed by atoms with Crippen molar-refractivity contribution in [3.8, 4) is 5.88 Å². The Bertz CT molecular complexity index is 643. The van der Waals surface area contributed by atoms with E-state index in [9.17, 15) is 0 Å². The second kappa shape index (κ2) is 6.42. The highest BCUT2D eigenvalue weighted by Crippen LogP contribution is 2.36. The summed E-state index contributed by atoms with van der Waals surface area (Å²) in [7, 11) is 0. The Labute approximate surface area is 140 Å². The van der Waals surface area contributed by atoms with E-state index in [0.29, 0.717) is 23.0 Å². The van der Waals surface area contributed by atoms with E-state index in [4.69, 9.17) is 16.3 Å². The Morgan fingerprint density at radius 2 is 2.04 bits per heavy atom. The van der Waals surface area contributed by atoms with E-state index in [2.05, 4.69) is 25.9 Å². The van der Waals surface area contributed by atoms with Crippen LogP contribution < -0.4 is 4.74 Å². The van der Waals surface area contributed by atoms with Crippen molar-refractivity contribution in [3.05, 3.63) is 47.6 Å². The minimum atomic E-state index is 0.146. The molecule has 2 atom stereocenters. The topological polar surface area (TPSA) is 51.1 Å². The zero-order chi connectivity index (χ0) is 15.6. The molecule has 0 amide bonds. The first-order valence-electron chi connectivity index (χ1n) is 8.07. The summed E-state index contributed by atoms with van der Waals surface area (Å²) >= 11 is 5.81. The van der Waals surface area contributed by atoms with Gasteiger partial charge in [0.25, 0.3) is 0 Å². The molecule has 0 saturated carbocycles. The minimum Gasteiger partial charge on any atom is -0.471 e. The van der Waals surface area contributed by atoms with Gasteiger partial charge in [0, 0.05) is 12.4 Å². The van der Waals surface area contributed by atoms with Crippen LogP contribution in [0.15, 0.2) is 36.9 Å². The first-order valence-corrected chi connectivity index (χ1v) is 8.44. The van der Waals surface area contributed by atoms with Crippen LogP contribution in [0.5, 0.6) is 5.88 Å². The summed E-state index contributed by atoms with van der Waals surface area (Å²) in [5.41, 5.74) is 1.25. The molecule has 3 saturated heterocycles. The van der Waals surface area contributed by atoms with Gasteiger partial charge in [-0.05, 0) is 49.9 Å². The number of halogens is 1. The van der Waals surface area contributed by atoms with Gasteiger partial charge in [-0.2, -0.15) is 0 Å². The van der Waals surface area contributed by atoms with Crippen LogP contribution in [0.4, 0.5) is 0 Å². The highest BCUT2D eigenvalue weighted by atomic mass is 35.5. The van der Waals surface area contributed by atoms with E-state index < -0.39 is 0 Å². The standard InChI is InChI=1S/C17H19ClN4O/c18-15-10-21-16(11-20-15)23-17-13-3-6-22(7-4-13)14(17)8-12-2-1-5-19-9-12/h1-2,5,9-11,13-14,17H,3-4,6-8H2/t14-,17-/m1/s1. The van der Waals surface area contributed by atoms with Gasteiger partial charge < -0.3 is 4.74 Å². The summed E-state index contributed by atoms with van der Waals surface area (Å²) in [6.07, 6.45) is 10.4. The molecular weight excluding hydrogens is 312 g/mol. The molecule has 0 radical (unpaired) electrons. The Morgan fingerprint density at radius 3 is 2.74 bits per heavy atom. The van der Waals surface area contributed by atoms with E-state index in [1.165, 1.54) is 24.6 Å². The second-order valence-electron chi connectivity index (χ2n) is 6.27. The van der Waals surface area contributed by atoms with Gasteiger partial charge in [-0.15, -0.1) is 0 Å². The monoisotopic (exact) mass is 330 g/mol. The molecule has 23 heavy (non-hydrogen) atoms. The lowest BCUT2D eigenvalue weighted by molar-refractivity contribution is -0.0597. The van der Waals surface area contributed by atoms with Gasteiger partial charge in [-0.3, -0.25) is 9.88 Å². The van der Waals surface area contributed by atoms with Crippen LogP contribution in [0.2, 0.25) is 5.15 Å². The van der Waals surface area contributed by atoms with Crippen LogP contribution in [0.25, 0.3) is 0 Å². The number of piperidine rings is 3. The SMILES string of the molecule is Clc1cnc(O[C@@H]2C3CCN(CC3)[C@@H]2Cc2cccnc2)cn1. The lowest BCUT2D eigenvalue weighted by Crippen LogP contribution is -2.60. The Balaban J connectivity index is 1.55. The third-order valence-electron chi connectivity index (χ3n) is 4.91. The molecule has 3 aliphatic heterocycles. The second-order valence-corrected chi connectivity index (χ2v) is 6.65.